The van der Waals surface area contributed by atoms with Crippen LogP contribution < -0.4 is 19.9 Å². The van der Waals surface area contributed by atoms with Crippen LogP contribution in [0, 0.1) is 0 Å². The normalized spacial score (nSPS) is 15.0. The number of hydroxylamine groups is 1. The minimum absolute atomic E-state index is 0.0309. The highest BCUT2D eigenvalue weighted by molar-refractivity contribution is 5.92. The quantitative estimate of drug-likeness (QED) is 0.517. The molecular weight excluding hydrogens is 471 g/mol. The number of nitrogens with zero attached hydrogens (tertiary/aromatic N) is 2. The highest BCUT2D eigenvalue weighted by Gasteiger charge is 2.46. The van der Waals surface area contributed by atoms with Crippen LogP contribution in [0.2, 0.25) is 0 Å². The molecule has 1 unspecified atom stereocenters. The molecule has 1 aromatic heterocycles. The van der Waals surface area contributed by atoms with E-state index in [0.717, 1.165) is 0 Å². The smallest absolute Gasteiger partial charge is 0.491 e. The maximum absolute atomic E-state index is 13.1. The Morgan fingerprint density at radius 2 is 1.80 bits per heavy atom. The molecule has 2 aromatic rings. The van der Waals surface area contributed by atoms with Gasteiger partial charge in [-0.05, 0) is 58.9 Å². The first kappa shape index (κ1) is 25.9. The van der Waals surface area contributed by atoms with Crippen molar-refractivity contribution in [2.75, 3.05) is 17.0 Å². The molecule has 0 bridgehead atoms. The van der Waals surface area contributed by atoms with Gasteiger partial charge in [0, 0.05) is 11.8 Å². The number of halogens is 3. The molecule has 190 valence electrons. The molecule has 0 fully saturated rings. The van der Waals surface area contributed by atoms with Crippen LogP contribution in [0.5, 0.6) is 11.5 Å². The van der Waals surface area contributed by atoms with Gasteiger partial charge in [0.05, 0.1) is 24.4 Å². The van der Waals surface area contributed by atoms with Crippen LogP contribution in [0.4, 0.5) is 24.7 Å². The molecule has 0 spiro atoms. The van der Waals surface area contributed by atoms with Gasteiger partial charge < -0.3 is 24.4 Å². The first-order chi connectivity index (χ1) is 16.4. The van der Waals surface area contributed by atoms with Crippen LogP contribution in [0.25, 0.3) is 0 Å². The summed E-state index contributed by atoms with van der Waals surface area (Å²) in [4.78, 5) is 32.9. The van der Waals surface area contributed by atoms with E-state index in [1.54, 1.807) is 39.0 Å². The molecule has 0 radical (unpaired) electrons. The van der Waals surface area contributed by atoms with Crippen LogP contribution in [-0.2, 0) is 14.4 Å². The van der Waals surface area contributed by atoms with E-state index in [0.29, 0.717) is 22.1 Å². The van der Waals surface area contributed by atoms with Gasteiger partial charge >= 0.3 is 18.1 Å². The van der Waals surface area contributed by atoms with E-state index in [2.05, 4.69) is 10.3 Å². The number of hydrogen-bond acceptors (Lipinski definition) is 9. The van der Waals surface area contributed by atoms with Crippen LogP contribution in [0.15, 0.2) is 30.5 Å². The summed E-state index contributed by atoms with van der Waals surface area (Å²) >= 11 is 0. The van der Waals surface area contributed by atoms with Crippen molar-refractivity contribution in [3.05, 3.63) is 41.6 Å². The fourth-order valence-electron chi connectivity index (χ4n) is 3.28. The highest BCUT2D eigenvalue weighted by Crippen LogP contribution is 2.44. The molecule has 1 atom stereocenters. The Labute approximate surface area is 200 Å². The van der Waals surface area contributed by atoms with E-state index < -0.39 is 24.3 Å². The molecule has 1 aliphatic rings. The first-order valence-corrected chi connectivity index (χ1v) is 10.9. The molecule has 3 rings (SSSR count). The molecule has 0 aliphatic carbocycles. The van der Waals surface area contributed by atoms with E-state index in [1.807, 2.05) is 13.8 Å². The lowest BCUT2D eigenvalue weighted by Gasteiger charge is -2.27. The summed E-state index contributed by atoms with van der Waals surface area (Å²) in [7, 11) is 0. The highest BCUT2D eigenvalue weighted by atomic mass is 19.4. The van der Waals surface area contributed by atoms with Crippen molar-refractivity contribution in [2.45, 2.75) is 59.2 Å². The number of anilines is 2. The second-order valence-electron chi connectivity index (χ2n) is 8.09. The van der Waals surface area contributed by atoms with Crippen LogP contribution >= 0.6 is 0 Å². The Morgan fingerprint density at radius 3 is 2.40 bits per heavy atom. The van der Waals surface area contributed by atoms with Crippen molar-refractivity contribution < 1.29 is 41.8 Å². The number of carbonyl (C=O) groups excluding carboxylic acids is 2. The minimum Gasteiger partial charge on any atom is -0.491 e. The van der Waals surface area contributed by atoms with Crippen molar-refractivity contribution in [2.24, 2.45) is 0 Å². The number of esters is 1. The number of hydrogen-bond donors (Lipinski definition) is 1. The van der Waals surface area contributed by atoms with Crippen LogP contribution in [0.3, 0.4) is 0 Å². The second kappa shape index (κ2) is 10.3. The molecule has 2 heterocycles. The van der Waals surface area contributed by atoms with E-state index >= 15 is 0 Å². The maximum atomic E-state index is 13.1. The van der Waals surface area contributed by atoms with Gasteiger partial charge in [-0.2, -0.15) is 18.2 Å². The van der Waals surface area contributed by atoms with Crippen molar-refractivity contribution >= 4 is 23.4 Å². The number of pyridine rings is 1. The van der Waals surface area contributed by atoms with Crippen molar-refractivity contribution in [1.82, 2.24) is 4.98 Å². The van der Waals surface area contributed by atoms with Gasteiger partial charge in [0.2, 0.25) is 0 Å². The Morgan fingerprint density at radius 1 is 1.11 bits per heavy atom. The van der Waals surface area contributed by atoms with E-state index in [9.17, 15) is 22.8 Å². The summed E-state index contributed by atoms with van der Waals surface area (Å²) in [6.45, 7) is 8.90. The number of ether oxygens (including phenoxy) is 3. The van der Waals surface area contributed by atoms with Crippen molar-refractivity contribution in [1.29, 1.82) is 0 Å². The third kappa shape index (κ3) is 6.06. The second-order valence-corrected chi connectivity index (χ2v) is 8.09. The zero-order valence-corrected chi connectivity index (χ0v) is 19.8. The predicted molar refractivity (Wildman–Crippen MR) is 119 cm³/mol. The summed E-state index contributed by atoms with van der Waals surface area (Å²) in [5.74, 6) is -2.35. The monoisotopic (exact) mass is 497 g/mol. The maximum Gasteiger partial charge on any atom is 0.493 e. The average molecular weight is 497 g/mol. The first-order valence-electron chi connectivity index (χ1n) is 10.9. The van der Waals surface area contributed by atoms with Gasteiger partial charge in [-0.15, -0.1) is 0 Å². The van der Waals surface area contributed by atoms with Gasteiger partial charge in [0.15, 0.2) is 12.0 Å². The molecule has 0 amide bonds. The SMILES string of the molecule is CCOC(=O)c1cnc2c(c1)N(OC(=O)C(F)(F)F)C(c1cc(OC(C)C)ccc1OC(C)C)N2. The Bertz CT molecular complexity index is 1090. The fourth-order valence-corrected chi connectivity index (χ4v) is 3.28. The van der Waals surface area contributed by atoms with Crippen molar-refractivity contribution in [3.63, 3.8) is 0 Å². The summed E-state index contributed by atoms with van der Waals surface area (Å²) in [6.07, 6.45) is -5.68. The van der Waals surface area contributed by atoms with Crippen molar-refractivity contribution in [3.8, 4) is 11.5 Å². The molecular formula is C23H26F3N3O6. The minimum atomic E-state index is -5.26. The summed E-state index contributed by atoms with van der Waals surface area (Å²) < 4.78 is 55.9. The standard InChI is InChI=1S/C23H26F3N3O6/c1-6-32-21(30)14-9-17-19(27-11-14)28-20(29(17)35-22(31)23(24,25)26)16-10-15(33-12(2)3)7-8-18(16)34-13(4)5/h7-13,20H,6H2,1-5H3,(H,27,28). The van der Waals surface area contributed by atoms with Gasteiger partial charge in [0.25, 0.3) is 0 Å². The molecule has 9 nitrogen and oxygen atoms in total. The summed E-state index contributed by atoms with van der Waals surface area (Å²) in [5.41, 5.74) is 0.225. The van der Waals surface area contributed by atoms with Gasteiger partial charge in [-0.1, -0.05) is 0 Å². The summed E-state index contributed by atoms with van der Waals surface area (Å²) in [5, 5.41) is 3.64. The average Bonchev–Trinajstić information content (AvgIpc) is 3.11. The van der Waals surface area contributed by atoms with E-state index in [1.165, 1.54) is 12.3 Å². The van der Waals surface area contributed by atoms with Gasteiger partial charge in [-0.25, -0.2) is 14.6 Å². The van der Waals surface area contributed by atoms with E-state index in [-0.39, 0.29) is 35.9 Å². The zero-order chi connectivity index (χ0) is 25.9. The van der Waals surface area contributed by atoms with E-state index in [4.69, 9.17) is 19.0 Å². The number of carbonyl (C=O) groups is 2. The number of aromatic nitrogens is 1. The number of alkyl halides is 3. The Balaban J connectivity index is 2.11. The third-order valence-corrected chi connectivity index (χ3v) is 4.55. The lowest BCUT2D eigenvalue weighted by atomic mass is 10.1. The lowest BCUT2D eigenvalue weighted by molar-refractivity contribution is -0.201. The summed E-state index contributed by atoms with van der Waals surface area (Å²) in [6, 6.07) is 6.07. The molecule has 12 heteroatoms. The van der Waals surface area contributed by atoms with Gasteiger partial charge in [0.1, 0.15) is 17.2 Å². The third-order valence-electron chi connectivity index (χ3n) is 4.55. The number of rotatable bonds is 8. The van der Waals surface area contributed by atoms with Crippen LogP contribution in [0.1, 0.15) is 56.7 Å². The molecule has 1 N–H and O–H groups in total. The molecule has 1 aliphatic heterocycles. The number of nitrogens with one attached hydrogen (secondary N) is 1. The number of benzene rings is 1. The lowest BCUT2D eigenvalue weighted by Crippen LogP contribution is -2.37. The fraction of sp³-hybridized carbons (Fsp3) is 0.435. The molecule has 0 saturated carbocycles. The molecule has 35 heavy (non-hydrogen) atoms. The van der Waals surface area contributed by atoms with Gasteiger partial charge in [-0.3, -0.25) is 0 Å². The Hall–Kier alpha value is -3.70. The number of fused-ring (bicyclic) bond motifs is 1. The molecule has 1 aromatic carbocycles. The largest absolute Gasteiger partial charge is 0.493 e. The zero-order valence-electron chi connectivity index (χ0n) is 19.8. The van der Waals surface area contributed by atoms with Crippen LogP contribution in [-0.4, -0.2) is 41.9 Å². The molecule has 0 saturated heterocycles. The topological polar surface area (TPSA) is 99.2 Å². The Kier molecular flexibility index (Phi) is 7.61. The predicted octanol–water partition coefficient (Wildman–Crippen LogP) is 4.78.